The number of benzene rings is 1. The Morgan fingerprint density at radius 2 is 1.85 bits per heavy atom. The van der Waals surface area contributed by atoms with Gasteiger partial charge in [0.05, 0.1) is 11.4 Å². The Morgan fingerprint density at radius 1 is 1.23 bits per heavy atom. The quantitative estimate of drug-likeness (QED) is 0.666. The number of rotatable bonds is 8. The van der Waals surface area contributed by atoms with E-state index in [1.165, 1.54) is 46.8 Å². The third kappa shape index (κ3) is 4.47. The Morgan fingerprint density at radius 3 is 2.38 bits per heavy atom. The number of nitrogens with zero attached hydrogens (tertiary/aromatic N) is 3. The molecule has 1 N–H and O–H groups in total. The minimum absolute atomic E-state index is 0.189. The number of hydrogen-bond acceptors (Lipinski definition) is 6. The largest absolute Gasteiger partial charge is 0.354 e. The van der Waals surface area contributed by atoms with Crippen LogP contribution in [0.3, 0.4) is 0 Å². The molecule has 1 aromatic heterocycles. The lowest BCUT2D eigenvalue weighted by Gasteiger charge is -2.13. The average Bonchev–Trinajstić information content (AvgIpc) is 3.12. The summed E-state index contributed by atoms with van der Waals surface area (Å²) in [7, 11) is 2.43. The van der Waals surface area contributed by atoms with E-state index in [9.17, 15) is 13.2 Å². The number of nitrogens with one attached hydrogen (secondary N) is 1. The zero-order valence-electron chi connectivity index (χ0n) is 15.0. The Bertz CT molecular complexity index is 842. The van der Waals surface area contributed by atoms with Crippen molar-refractivity contribution in [2.75, 3.05) is 34.9 Å². The molecule has 2 aromatic rings. The summed E-state index contributed by atoms with van der Waals surface area (Å²) in [5.74, 6) is -0.366. The van der Waals surface area contributed by atoms with E-state index in [0.29, 0.717) is 5.69 Å². The van der Waals surface area contributed by atoms with E-state index in [1.807, 2.05) is 0 Å². The number of aromatic nitrogens is 2. The summed E-state index contributed by atoms with van der Waals surface area (Å²) in [6, 6.07) is 6.30. The van der Waals surface area contributed by atoms with E-state index in [2.05, 4.69) is 10.3 Å². The van der Waals surface area contributed by atoms with Gasteiger partial charge in [-0.3, -0.25) is 4.79 Å². The van der Waals surface area contributed by atoms with Crippen molar-refractivity contribution in [2.24, 2.45) is 0 Å². The monoisotopic (exact) mass is 382 g/mol. The van der Waals surface area contributed by atoms with Gasteiger partial charge in [0.1, 0.15) is 12.0 Å². The summed E-state index contributed by atoms with van der Waals surface area (Å²) >= 11 is 0. The van der Waals surface area contributed by atoms with Gasteiger partial charge in [-0.1, -0.05) is 0 Å². The summed E-state index contributed by atoms with van der Waals surface area (Å²) in [5, 5.41) is 2.66. The predicted molar refractivity (Wildman–Crippen MR) is 94.6 cm³/mol. The van der Waals surface area contributed by atoms with Crippen LogP contribution in [0.25, 0.3) is 5.69 Å². The molecule has 0 aliphatic heterocycles. The van der Waals surface area contributed by atoms with Crippen molar-refractivity contribution in [3.05, 3.63) is 42.5 Å². The van der Waals surface area contributed by atoms with Crippen molar-refractivity contribution in [3.63, 3.8) is 0 Å². The Balaban J connectivity index is 2.11. The van der Waals surface area contributed by atoms with Crippen LogP contribution >= 0.6 is 0 Å². The van der Waals surface area contributed by atoms with Crippen LogP contribution in [0.1, 0.15) is 10.5 Å². The average molecular weight is 382 g/mol. The molecule has 0 bridgehead atoms. The van der Waals surface area contributed by atoms with Gasteiger partial charge in [0.15, 0.2) is 6.29 Å². The molecule has 1 aromatic carbocycles. The maximum absolute atomic E-state index is 12.1. The molecule has 1 heterocycles. The molecule has 0 aliphatic carbocycles. The van der Waals surface area contributed by atoms with E-state index >= 15 is 0 Å². The molecule has 0 atom stereocenters. The minimum Gasteiger partial charge on any atom is -0.354 e. The standard InChI is InChI=1S/C16H22N4O5S/c1-19(2)26(22,23)13-7-5-12(6-8-13)20-10-14(18-11-20)16(21)17-9-15(24-3)25-4/h5-8,10-11,15H,9H2,1-4H3,(H,17,21). The molecular formula is C16H22N4O5S. The van der Waals surface area contributed by atoms with Crippen molar-refractivity contribution in [1.82, 2.24) is 19.2 Å². The highest BCUT2D eigenvalue weighted by molar-refractivity contribution is 7.89. The van der Waals surface area contributed by atoms with Gasteiger partial charge >= 0.3 is 0 Å². The Kier molecular flexibility index (Phi) is 6.48. The van der Waals surface area contributed by atoms with E-state index in [-0.39, 0.29) is 23.0 Å². The van der Waals surface area contributed by atoms with Gasteiger partial charge in [0.25, 0.3) is 5.91 Å². The van der Waals surface area contributed by atoms with Crippen molar-refractivity contribution < 1.29 is 22.7 Å². The molecule has 1 amide bonds. The van der Waals surface area contributed by atoms with Crippen LogP contribution in [-0.4, -0.2) is 69.3 Å². The fraction of sp³-hybridized carbons (Fsp3) is 0.375. The molecule has 0 unspecified atom stereocenters. The van der Waals surface area contributed by atoms with Gasteiger partial charge < -0.3 is 19.4 Å². The lowest BCUT2D eigenvalue weighted by atomic mass is 10.3. The number of carbonyl (C=O) groups excluding carboxylic acids is 1. The number of ether oxygens (including phenoxy) is 2. The molecule has 0 saturated heterocycles. The number of methoxy groups -OCH3 is 2. The molecule has 26 heavy (non-hydrogen) atoms. The topological polar surface area (TPSA) is 103 Å². The normalized spacial score (nSPS) is 11.9. The van der Waals surface area contributed by atoms with Crippen LogP contribution in [0.15, 0.2) is 41.7 Å². The van der Waals surface area contributed by atoms with Gasteiger partial charge in [0, 0.05) is 40.2 Å². The first-order valence-electron chi connectivity index (χ1n) is 7.70. The molecule has 0 aliphatic rings. The molecule has 0 spiro atoms. The van der Waals surface area contributed by atoms with Gasteiger partial charge in [0.2, 0.25) is 10.0 Å². The summed E-state index contributed by atoms with van der Waals surface area (Å²) < 4.78 is 36.9. The molecule has 2 rings (SSSR count). The highest BCUT2D eigenvalue weighted by atomic mass is 32.2. The smallest absolute Gasteiger partial charge is 0.271 e. The van der Waals surface area contributed by atoms with Crippen molar-refractivity contribution in [1.29, 1.82) is 0 Å². The highest BCUT2D eigenvalue weighted by Gasteiger charge is 2.17. The SMILES string of the molecule is COC(CNC(=O)c1cn(-c2ccc(S(=O)(=O)N(C)C)cc2)cn1)OC. The summed E-state index contributed by atoms with van der Waals surface area (Å²) in [6.45, 7) is 0.190. The zero-order valence-corrected chi connectivity index (χ0v) is 15.9. The van der Waals surface area contributed by atoms with Crippen molar-refractivity contribution >= 4 is 15.9 Å². The number of carbonyl (C=O) groups is 1. The number of sulfonamides is 1. The third-order valence-corrected chi connectivity index (χ3v) is 5.51. The highest BCUT2D eigenvalue weighted by Crippen LogP contribution is 2.16. The van der Waals surface area contributed by atoms with Gasteiger partial charge in [-0.25, -0.2) is 17.7 Å². The summed E-state index contributed by atoms with van der Waals surface area (Å²) in [4.78, 5) is 16.4. The van der Waals surface area contributed by atoms with E-state index in [0.717, 1.165) is 4.31 Å². The van der Waals surface area contributed by atoms with Crippen LogP contribution in [0, 0.1) is 0 Å². The Hall–Kier alpha value is -2.27. The summed E-state index contributed by atoms with van der Waals surface area (Å²) in [5.41, 5.74) is 0.905. The van der Waals surface area contributed by atoms with E-state index in [4.69, 9.17) is 9.47 Å². The van der Waals surface area contributed by atoms with Gasteiger partial charge in [-0.05, 0) is 24.3 Å². The van der Waals surface area contributed by atoms with Gasteiger partial charge in [-0.15, -0.1) is 0 Å². The van der Waals surface area contributed by atoms with Crippen molar-refractivity contribution in [3.8, 4) is 5.69 Å². The van der Waals surface area contributed by atoms with Gasteiger partial charge in [-0.2, -0.15) is 0 Å². The number of hydrogen-bond donors (Lipinski definition) is 1. The number of imidazole rings is 1. The molecular weight excluding hydrogens is 360 g/mol. The third-order valence-electron chi connectivity index (χ3n) is 3.68. The Labute approximate surface area is 152 Å². The molecule has 9 nitrogen and oxygen atoms in total. The first-order chi connectivity index (χ1) is 12.3. The van der Waals surface area contributed by atoms with Crippen LogP contribution in [0.5, 0.6) is 0 Å². The first-order valence-corrected chi connectivity index (χ1v) is 9.14. The second-order valence-corrected chi connectivity index (χ2v) is 7.71. The van der Waals surface area contributed by atoms with E-state index < -0.39 is 16.3 Å². The molecule has 10 heteroatoms. The second kappa shape index (κ2) is 8.41. The molecule has 0 saturated carbocycles. The maximum atomic E-state index is 12.1. The second-order valence-electron chi connectivity index (χ2n) is 5.56. The molecule has 0 fully saturated rings. The van der Waals surface area contributed by atoms with Crippen LogP contribution in [-0.2, 0) is 19.5 Å². The fourth-order valence-electron chi connectivity index (χ4n) is 2.11. The van der Waals surface area contributed by atoms with Crippen LogP contribution in [0.2, 0.25) is 0 Å². The first kappa shape index (κ1) is 20.0. The maximum Gasteiger partial charge on any atom is 0.271 e. The van der Waals surface area contributed by atoms with E-state index in [1.54, 1.807) is 22.9 Å². The fourth-order valence-corrected chi connectivity index (χ4v) is 3.01. The molecule has 0 radical (unpaired) electrons. The summed E-state index contributed by atoms with van der Waals surface area (Å²) in [6.07, 6.45) is 2.50. The lowest BCUT2D eigenvalue weighted by Crippen LogP contribution is -2.34. The zero-order chi connectivity index (χ0) is 19.3. The lowest BCUT2D eigenvalue weighted by molar-refractivity contribution is -0.0974. The van der Waals surface area contributed by atoms with Crippen LogP contribution < -0.4 is 5.32 Å². The molecule has 142 valence electrons. The predicted octanol–water partition coefficient (Wildman–Crippen LogP) is 0.471. The number of amides is 1. The van der Waals surface area contributed by atoms with Crippen molar-refractivity contribution in [2.45, 2.75) is 11.2 Å². The minimum atomic E-state index is -3.48. The van der Waals surface area contributed by atoms with Crippen LogP contribution in [0.4, 0.5) is 0 Å².